The van der Waals surface area contributed by atoms with E-state index in [1.54, 1.807) is 12.4 Å². The quantitative estimate of drug-likeness (QED) is 0.842. The lowest BCUT2D eigenvalue weighted by molar-refractivity contribution is -0.141. The molecule has 1 spiro atoms. The number of piperidine rings is 2. The van der Waals surface area contributed by atoms with Crippen molar-refractivity contribution in [1.82, 2.24) is 9.88 Å². The highest BCUT2D eigenvalue weighted by molar-refractivity contribution is 5.99. The number of carbonyl (C=O) groups is 2. The summed E-state index contributed by atoms with van der Waals surface area (Å²) in [7, 11) is 0. The molecule has 3 heterocycles. The van der Waals surface area contributed by atoms with Gasteiger partial charge in [0.2, 0.25) is 11.8 Å². The molecule has 2 saturated heterocycles. The topological polar surface area (TPSA) is 53.5 Å². The van der Waals surface area contributed by atoms with E-state index in [0.29, 0.717) is 13.0 Å². The first-order valence-corrected chi connectivity index (χ1v) is 9.72. The Kier molecular flexibility index (Phi) is 4.92. The predicted molar refractivity (Wildman–Crippen MR) is 104 cm³/mol. The zero-order valence-corrected chi connectivity index (χ0v) is 15.5. The maximum atomic E-state index is 13.4. The number of likely N-dealkylation sites (tertiary alicyclic amines) is 1. The van der Waals surface area contributed by atoms with Gasteiger partial charge in [0.25, 0.3) is 0 Å². The normalized spacial score (nSPS) is 22.9. The Morgan fingerprint density at radius 1 is 1.00 bits per heavy atom. The van der Waals surface area contributed by atoms with Crippen LogP contribution in [-0.2, 0) is 16.0 Å². The van der Waals surface area contributed by atoms with Crippen molar-refractivity contribution < 1.29 is 9.59 Å². The summed E-state index contributed by atoms with van der Waals surface area (Å²) in [5, 5.41) is 0. The zero-order valence-electron chi connectivity index (χ0n) is 15.5. The number of aromatic nitrogens is 1. The van der Waals surface area contributed by atoms with Crippen LogP contribution in [0.25, 0.3) is 0 Å². The fourth-order valence-electron chi connectivity index (χ4n) is 4.43. The molecule has 27 heavy (non-hydrogen) atoms. The molecule has 0 N–H and O–H groups in total. The molecule has 0 saturated carbocycles. The Hall–Kier alpha value is -2.69. The van der Waals surface area contributed by atoms with Crippen LogP contribution >= 0.6 is 0 Å². The summed E-state index contributed by atoms with van der Waals surface area (Å²) in [6, 6.07) is 13.6. The van der Waals surface area contributed by atoms with Crippen LogP contribution in [0.2, 0.25) is 0 Å². The molecule has 5 heteroatoms. The van der Waals surface area contributed by atoms with Crippen molar-refractivity contribution in [2.45, 2.75) is 32.1 Å². The van der Waals surface area contributed by atoms with Crippen LogP contribution in [0.4, 0.5) is 5.69 Å². The lowest BCUT2D eigenvalue weighted by Gasteiger charge is -2.47. The SMILES string of the molecule is O=C(Cc1ccncc1)N1CCCC2(CCCN(c3ccccc3)C2=O)C1. The van der Waals surface area contributed by atoms with Crippen LogP contribution in [-0.4, -0.2) is 41.3 Å². The van der Waals surface area contributed by atoms with E-state index >= 15 is 0 Å². The van der Waals surface area contributed by atoms with Crippen LogP contribution in [0, 0.1) is 5.41 Å². The number of rotatable bonds is 3. The van der Waals surface area contributed by atoms with Gasteiger partial charge >= 0.3 is 0 Å². The summed E-state index contributed by atoms with van der Waals surface area (Å²) in [4.78, 5) is 34.1. The number of anilines is 1. The molecular formula is C22H25N3O2. The van der Waals surface area contributed by atoms with Gasteiger partial charge in [-0.2, -0.15) is 0 Å². The molecule has 0 aliphatic carbocycles. The Bertz CT molecular complexity index is 805. The molecule has 2 aliphatic heterocycles. The maximum absolute atomic E-state index is 13.4. The van der Waals surface area contributed by atoms with Gasteiger partial charge in [-0.05, 0) is 55.5 Å². The maximum Gasteiger partial charge on any atom is 0.234 e. The van der Waals surface area contributed by atoms with Gasteiger partial charge in [-0.25, -0.2) is 0 Å². The number of hydrogen-bond donors (Lipinski definition) is 0. The predicted octanol–water partition coefficient (Wildman–Crippen LogP) is 3.06. The monoisotopic (exact) mass is 363 g/mol. The first-order valence-electron chi connectivity index (χ1n) is 9.72. The second kappa shape index (κ2) is 7.51. The number of amides is 2. The number of carbonyl (C=O) groups excluding carboxylic acids is 2. The van der Waals surface area contributed by atoms with E-state index in [2.05, 4.69) is 4.98 Å². The Morgan fingerprint density at radius 2 is 1.70 bits per heavy atom. The zero-order chi connectivity index (χ0) is 18.7. The molecule has 0 radical (unpaired) electrons. The summed E-state index contributed by atoms with van der Waals surface area (Å²) < 4.78 is 0. The molecule has 4 rings (SSSR count). The van der Waals surface area contributed by atoms with E-state index in [-0.39, 0.29) is 11.8 Å². The van der Waals surface area contributed by atoms with Crippen molar-refractivity contribution in [3.8, 4) is 0 Å². The van der Waals surface area contributed by atoms with E-state index in [1.165, 1.54) is 0 Å². The van der Waals surface area contributed by atoms with E-state index in [0.717, 1.165) is 50.0 Å². The molecule has 2 aliphatic rings. The second-order valence-electron chi connectivity index (χ2n) is 7.63. The standard InChI is InChI=1S/C22H25N3O2/c26-20(16-18-8-12-23-13-9-18)24-14-4-10-22(17-24)11-5-15-25(21(22)27)19-6-2-1-3-7-19/h1-3,6-9,12-13H,4-5,10-11,14-17H2. The Balaban J connectivity index is 1.50. The number of hydrogen-bond acceptors (Lipinski definition) is 3. The third kappa shape index (κ3) is 3.59. The number of para-hydroxylation sites is 1. The van der Waals surface area contributed by atoms with Gasteiger partial charge in [0.15, 0.2) is 0 Å². The van der Waals surface area contributed by atoms with Crippen LogP contribution in [0.1, 0.15) is 31.2 Å². The number of pyridine rings is 1. The van der Waals surface area contributed by atoms with Crippen molar-refractivity contribution in [3.63, 3.8) is 0 Å². The van der Waals surface area contributed by atoms with Gasteiger partial charge in [0.05, 0.1) is 11.8 Å². The third-order valence-electron chi connectivity index (χ3n) is 5.84. The highest BCUT2D eigenvalue weighted by Crippen LogP contribution is 2.41. The van der Waals surface area contributed by atoms with Gasteiger partial charge in [-0.3, -0.25) is 14.6 Å². The summed E-state index contributed by atoms with van der Waals surface area (Å²) >= 11 is 0. The molecule has 1 atom stereocenters. The molecule has 0 bridgehead atoms. The van der Waals surface area contributed by atoms with Crippen molar-refractivity contribution in [2.24, 2.45) is 5.41 Å². The molecule has 2 aromatic rings. The van der Waals surface area contributed by atoms with E-state index < -0.39 is 5.41 Å². The van der Waals surface area contributed by atoms with Crippen molar-refractivity contribution in [2.75, 3.05) is 24.5 Å². The first-order chi connectivity index (χ1) is 13.2. The molecule has 1 unspecified atom stereocenters. The second-order valence-corrected chi connectivity index (χ2v) is 7.63. The summed E-state index contributed by atoms with van der Waals surface area (Å²) in [6.45, 7) is 2.04. The fourth-order valence-corrected chi connectivity index (χ4v) is 4.43. The van der Waals surface area contributed by atoms with Crippen LogP contribution in [0.15, 0.2) is 54.9 Å². The lowest BCUT2D eigenvalue weighted by atomic mass is 9.72. The summed E-state index contributed by atoms with van der Waals surface area (Å²) in [5.41, 5.74) is 1.50. The average Bonchev–Trinajstić information content (AvgIpc) is 2.72. The van der Waals surface area contributed by atoms with E-state index in [4.69, 9.17) is 0 Å². The average molecular weight is 363 g/mol. The van der Waals surface area contributed by atoms with E-state index in [9.17, 15) is 9.59 Å². The number of benzene rings is 1. The van der Waals surface area contributed by atoms with Crippen molar-refractivity contribution >= 4 is 17.5 Å². The van der Waals surface area contributed by atoms with Gasteiger partial charge in [0.1, 0.15) is 0 Å². The molecule has 2 amide bonds. The van der Waals surface area contributed by atoms with Crippen molar-refractivity contribution in [3.05, 3.63) is 60.4 Å². The molecule has 5 nitrogen and oxygen atoms in total. The highest BCUT2D eigenvalue weighted by atomic mass is 16.2. The molecule has 1 aromatic carbocycles. The minimum absolute atomic E-state index is 0.102. The largest absolute Gasteiger partial charge is 0.341 e. The Morgan fingerprint density at radius 3 is 2.44 bits per heavy atom. The summed E-state index contributed by atoms with van der Waals surface area (Å²) in [5.74, 6) is 0.284. The highest BCUT2D eigenvalue weighted by Gasteiger charge is 2.47. The third-order valence-corrected chi connectivity index (χ3v) is 5.84. The van der Waals surface area contributed by atoms with Gasteiger partial charge in [-0.15, -0.1) is 0 Å². The van der Waals surface area contributed by atoms with Crippen LogP contribution < -0.4 is 4.90 Å². The van der Waals surface area contributed by atoms with E-state index in [1.807, 2.05) is 52.3 Å². The molecular weight excluding hydrogens is 338 g/mol. The van der Waals surface area contributed by atoms with Gasteiger partial charge in [-0.1, -0.05) is 18.2 Å². The molecule has 2 fully saturated rings. The van der Waals surface area contributed by atoms with Gasteiger partial charge in [0, 0.05) is 37.7 Å². The lowest BCUT2D eigenvalue weighted by Crippen LogP contribution is -2.57. The minimum atomic E-state index is -0.430. The number of nitrogens with zero attached hydrogens (tertiary/aromatic N) is 3. The smallest absolute Gasteiger partial charge is 0.234 e. The summed E-state index contributed by atoms with van der Waals surface area (Å²) in [6.07, 6.45) is 7.40. The first kappa shape index (κ1) is 17.7. The minimum Gasteiger partial charge on any atom is -0.341 e. The Labute approximate surface area is 160 Å². The van der Waals surface area contributed by atoms with Crippen LogP contribution in [0.3, 0.4) is 0 Å². The fraction of sp³-hybridized carbons (Fsp3) is 0.409. The molecule has 140 valence electrons. The van der Waals surface area contributed by atoms with Gasteiger partial charge < -0.3 is 9.80 Å². The van der Waals surface area contributed by atoms with Crippen LogP contribution in [0.5, 0.6) is 0 Å². The molecule has 1 aromatic heterocycles. The van der Waals surface area contributed by atoms with Crippen molar-refractivity contribution in [1.29, 1.82) is 0 Å².